The van der Waals surface area contributed by atoms with Crippen LogP contribution >= 0.6 is 7.82 Å². The van der Waals surface area contributed by atoms with Crippen molar-refractivity contribution in [1.29, 1.82) is 0 Å². The van der Waals surface area contributed by atoms with Crippen molar-refractivity contribution in [2.45, 2.75) is 148 Å². The van der Waals surface area contributed by atoms with Crippen LogP contribution in [0, 0.1) is 5.92 Å². The highest BCUT2D eigenvalue weighted by Gasteiger charge is 2.18. The summed E-state index contributed by atoms with van der Waals surface area (Å²) in [5.41, 5.74) is 0. The summed E-state index contributed by atoms with van der Waals surface area (Å²) in [6.07, 6.45) is 23.2. The first kappa shape index (κ1) is 35.0. The Morgan fingerprint density at radius 3 is 1.08 bits per heavy atom. The zero-order valence-electron chi connectivity index (χ0n) is 22.4. The van der Waals surface area contributed by atoms with Crippen LogP contribution in [0.25, 0.3) is 0 Å². The predicted molar refractivity (Wildman–Crippen MR) is 143 cm³/mol. The number of carboxylic acid groups (broad SMARTS) is 2. The number of phosphoric ester groups is 1. The number of phosphoric acid groups is 1. The summed E-state index contributed by atoms with van der Waals surface area (Å²) in [7, 11) is -4.43. The third kappa shape index (κ3) is 29.3. The van der Waals surface area contributed by atoms with E-state index in [1.807, 2.05) is 0 Å². The maximum Gasteiger partial charge on any atom is 0.469 e. The SMILES string of the molecule is O=C(O)CCCCCCCCCCCCC(CCCCCCCCCCCC(=O)O)COP(=O)(O)O. The van der Waals surface area contributed by atoms with E-state index < -0.39 is 19.8 Å². The molecule has 0 rings (SSSR count). The lowest BCUT2D eigenvalue weighted by atomic mass is 9.94. The first-order valence-electron chi connectivity index (χ1n) is 14.3. The van der Waals surface area contributed by atoms with Crippen molar-refractivity contribution in [3.05, 3.63) is 0 Å². The fourth-order valence-electron chi connectivity index (χ4n) is 4.58. The van der Waals surface area contributed by atoms with Crippen LogP contribution in [0.1, 0.15) is 148 Å². The average molecular weight is 537 g/mol. The number of unbranched alkanes of at least 4 members (excludes halogenated alkanes) is 17. The van der Waals surface area contributed by atoms with Gasteiger partial charge >= 0.3 is 19.8 Å². The summed E-state index contributed by atoms with van der Waals surface area (Å²) in [5.74, 6) is -1.23. The highest BCUT2D eigenvalue weighted by Crippen LogP contribution is 2.37. The van der Waals surface area contributed by atoms with Gasteiger partial charge in [0, 0.05) is 12.8 Å². The molecule has 0 aliphatic heterocycles. The summed E-state index contributed by atoms with van der Waals surface area (Å²) in [4.78, 5) is 39.1. The Kier molecular flexibility index (Phi) is 23.7. The van der Waals surface area contributed by atoms with Crippen LogP contribution in [0.2, 0.25) is 0 Å². The highest BCUT2D eigenvalue weighted by atomic mass is 31.2. The first-order chi connectivity index (χ1) is 17.2. The van der Waals surface area contributed by atoms with E-state index in [0.717, 1.165) is 83.5 Å². The van der Waals surface area contributed by atoms with Gasteiger partial charge in [-0.25, -0.2) is 4.57 Å². The van der Waals surface area contributed by atoms with Crippen molar-refractivity contribution in [2.75, 3.05) is 6.61 Å². The molecule has 0 bridgehead atoms. The summed E-state index contributed by atoms with van der Waals surface area (Å²) in [5, 5.41) is 17.3. The number of aliphatic carboxylic acids is 2. The quantitative estimate of drug-likeness (QED) is 0.0585. The third-order valence-corrected chi connectivity index (χ3v) is 7.22. The molecule has 0 saturated carbocycles. The van der Waals surface area contributed by atoms with E-state index in [-0.39, 0.29) is 25.4 Å². The molecule has 0 aliphatic carbocycles. The molecule has 8 nitrogen and oxygen atoms in total. The van der Waals surface area contributed by atoms with E-state index in [1.165, 1.54) is 51.4 Å². The van der Waals surface area contributed by atoms with Crippen molar-refractivity contribution >= 4 is 19.8 Å². The third-order valence-electron chi connectivity index (χ3n) is 6.73. The van der Waals surface area contributed by atoms with Crippen molar-refractivity contribution in [3.63, 3.8) is 0 Å². The molecule has 1 atom stereocenters. The Morgan fingerprint density at radius 2 is 0.806 bits per heavy atom. The average Bonchev–Trinajstić information content (AvgIpc) is 2.80. The first-order valence-corrected chi connectivity index (χ1v) is 15.9. The normalized spacial score (nSPS) is 12.6. The molecule has 0 radical (unpaired) electrons. The molecule has 0 aromatic rings. The molecular weight excluding hydrogens is 483 g/mol. The van der Waals surface area contributed by atoms with Crippen LogP contribution in [0.5, 0.6) is 0 Å². The van der Waals surface area contributed by atoms with Crippen LogP contribution in [0.3, 0.4) is 0 Å². The number of rotatable bonds is 28. The van der Waals surface area contributed by atoms with Gasteiger partial charge in [0.05, 0.1) is 6.61 Å². The minimum Gasteiger partial charge on any atom is -0.481 e. The second-order valence-electron chi connectivity index (χ2n) is 10.2. The van der Waals surface area contributed by atoms with Gasteiger partial charge in [0.15, 0.2) is 0 Å². The second-order valence-corrected chi connectivity index (χ2v) is 11.5. The van der Waals surface area contributed by atoms with Crippen LogP contribution in [-0.4, -0.2) is 38.5 Å². The standard InChI is InChI=1S/C27H53O8P/c28-26(29)22-18-14-10-6-2-1-4-8-12-16-20-25(24-35-36(32,33)34)21-17-13-9-5-3-7-11-15-19-23-27(30)31/h25H,1-24H2,(H,28,29)(H,30,31)(H2,32,33,34). The monoisotopic (exact) mass is 536 g/mol. The van der Waals surface area contributed by atoms with Crippen LogP contribution in [0.4, 0.5) is 0 Å². The molecule has 1 unspecified atom stereocenters. The van der Waals surface area contributed by atoms with Crippen molar-refractivity contribution in [2.24, 2.45) is 5.92 Å². The second kappa shape index (κ2) is 24.4. The van der Waals surface area contributed by atoms with Crippen LogP contribution in [-0.2, 0) is 18.7 Å². The lowest BCUT2D eigenvalue weighted by molar-refractivity contribution is -0.138. The molecule has 0 heterocycles. The summed E-state index contributed by atoms with van der Waals surface area (Å²) in [6, 6.07) is 0. The molecule has 0 saturated heterocycles. The Hall–Kier alpha value is -0.950. The lowest BCUT2D eigenvalue weighted by Crippen LogP contribution is -2.09. The van der Waals surface area contributed by atoms with Gasteiger partial charge in [0.2, 0.25) is 0 Å². The molecule has 0 aromatic carbocycles. The van der Waals surface area contributed by atoms with Gasteiger partial charge in [-0.05, 0) is 31.6 Å². The molecule has 0 fully saturated rings. The van der Waals surface area contributed by atoms with E-state index in [0.29, 0.717) is 0 Å². The molecule has 0 aliphatic rings. The van der Waals surface area contributed by atoms with E-state index >= 15 is 0 Å². The molecular formula is C27H53O8P. The van der Waals surface area contributed by atoms with E-state index in [2.05, 4.69) is 0 Å². The van der Waals surface area contributed by atoms with Gasteiger partial charge in [-0.1, -0.05) is 109 Å². The van der Waals surface area contributed by atoms with E-state index in [1.54, 1.807) is 0 Å². The molecule has 0 amide bonds. The molecule has 0 aromatic heterocycles. The molecule has 4 N–H and O–H groups in total. The smallest absolute Gasteiger partial charge is 0.469 e. The van der Waals surface area contributed by atoms with Gasteiger partial charge in [0.25, 0.3) is 0 Å². The van der Waals surface area contributed by atoms with Crippen molar-refractivity contribution < 1.29 is 38.7 Å². The lowest BCUT2D eigenvalue weighted by Gasteiger charge is -2.17. The fourth-order valence-corrected chi connectivity index (χ4v) is 4.99. The van der Waals surface area contributed by atoms with Gasteiger partial charge in [-0.2, -0.15) is 0 Å². The van der Waals surface area contributed by atoms with Gasteiger partial charge in [-0.15, -0.1) is 0 Å². The topological polar surface area (TPSA) is 141 Å². The Morgan fingerprint density at radius 1 is 0.528 bits per heavy atom. The fraction of sp³-hybridized carbons (Fsp3) is 0.926. The maximum absolute atomic E-state index is 11.1. The molecule has 9 heteroatoms. The summed E-state index contributed by atoms with van der Waals surface area (Å²) < 4.78 is 15.9. The minimum atomic E-state index is -4.43. The van der Waals surface area contributed by atoms with Gasteiger partial charge < -0.3 is 20.0 Å². The zero-order valence-corrected chi connectivity index (χ0v) is 23.3. The number of hydrogen-bond donors (Lipinski definition) is 4. The minimum absolute atomic E-state index is 0.127. The number of carbonyl (C=O) groups is 2. The largest absolute Gasteiger partial charge is 0.481 e. The molecule has 0 spiro atoms. The van der Waals surface area contributed by atoms with Gasteiger partial charge in [0.1, 0.15) is 0 Å². The van der Waals surface area contributed by atoms with Gasteiger partial charge in [-0.3, -0.25) is 14.1 Å². The predicted octanol–water partition coefficient (Wildman–Crippen LogP) is 7.85. The summed E-state index contributed by atoms with van der Waals surface area (Å²) in [6.45, 7) is 0.127. The number of hydrogen-bond acceptors (Lipinski definition) is 4. The van der Waals surface area contributed by atoms with Crippen molar-refractivity contribution in [3.8, 4) is 0 Å². The van der Waals surface area contributed by atoms with E-state index in [9.17, 15) is 14.2 Å². The molecule has 36 heavy (non-hydrogen) atoms. The maximum atomic E-state index is 11.1. The Labute approximate surface area is 218 Å². The zero-order chi connectivity index (χ0) is 26.9. The van der Waals surface area contributed by atoms with Crippen LogP contribution < -0.4 is 0 Å². The molecule has 214 valence electrons. The van der Waals surface area contributed by atoms with Crippen LogP contribution in [0.15, 0.2) is 0 Å². The Balaban J connectivity index is 3.76. The van der Waals surface area contributed by atoms with E-state index in [4.69, 9.17) is 24.5 Å². The Bertz CT molecular complexity index is 578. The number of carboxylic acids is 2. The van der Waals surface area contributed by atoms with Crippen molar-refractivity contribution in [1.82, 2.24) is 0 Å². The highest BCUT2D eigenvalue weighted by molar-refractivity contribution is 7.46. The summed E-state index contributed by atoms with van der Waals surface area (Å²) >= 11 is 0.